The molecular weight excluding hydrogens is 462 g/mol. The number of hydrogen-bond acceptors (Lipinski definition) is 5. The molecule has 2 N–H and O–H groups in total. The number of carbonyl (C=O) groups excluding carboxylic acids is 1. The first-order valence-corrected chi connectivity index (χ1v) is 12.8. The first kappa shape index (κ1) is 25.5. The predicted octanol–water partition coefficient (Wildman–Crippen LogP) is 3.90. The van der Waals surface area contributed by atoms with Crippen molar-refractivity contribution in [2.45, 2.75) is 71.2 Å². The average molecular weight is 493 g/mol. The topological polar surface area (TPSA) is 105 Å². The first-order chi connectivity index (χ1) is 15.6. The van der Waals surface area contributed by atoms with E-state index < -0.39 is 11.1 Å². The van der Waals surface area contributed by atoms with Crippen molar-refractivity contribution in [3.8, 4) is 0 Å². The van der Waals surface area contributed by atoms with Crippen molar-refractivity contribution in [3.63, 3.8) is 0 Å². The van der Waals surface area contributed by atoms with Crippen molar-refractivity contribution in [1.82, 2.24) is 10.3 Å². The second kappa shape index (κ2) is 10.8. The quantitative estimate of drug-likeness (QED) is 0.570. The molecule has 33 heavy (non-hydrogen) atoms. The Kier molecular flexibility index (Phi) is 8.37. The van der Waals surface area contributed by atoms with Gasteiger partial charge in [0.2, 0.25) is 0 Å². The smallest absolute Gasteiger partial charge is 0.253 e. The molecule has 1 heterocycles. The number of carbonyl (C=O) groups is 1. The minimum atomic E-state index is -2.03. The van der Waals surface area contributed by atoms with Crippen LogP contribution in [0.2, 0.25) is 5.02 Å². The van der Waals surface area contributed by atoms with Crippen LogP contribution in [0.25, 0.3) is 0 Å². The van der Waals surface area contributed by atoms with Crippen molar-refractivity contribution in [3.05, 3.63) is 61.5 Å². The lowest BCUT2D eigenvalue weighted by atomic mass is 9.92. The van der Waals surface area contributed by atoms with Gasteiger partial charge in [-0.3, -0.25) is 13.8 Å². The molecule has 1 saturated carbocycles. The molecule has 0 aliphatic heterocycles. The molecule has 1 aliphatic carbocycles. The summed E-state index contributed by atoms with van der Waals surface area (Å²) in [6, 6.07) is 5.58. The van der Waals surface area contributed by atoms with Crippen LogP contribution in [0.1, 0.15) is 65.3 Å². The van der Waals surface area contributed by atoms with Gasteiger partial charge in [-0.25, -0.2) is 0 Å². The number of benzene rings is 1. The monoisotopic (exact) mass is 492 g/mol. The third kappa shape index (κ3) is 5.86. The highest BCUT2D eigenvalue weighted by Gasteiger charge is 2.28. The van der Waals surface area contributed by atoms with Crippen molar-refractivity contribution in [2.75, 3.05) is 11.4 Å². The molecule has 0 spiro atoms. The fourth-order valence-corrected chi connectivity index (χ4v) is 5.61. The molecule has 1 aromatic carbocycles. The van der Waals surface area contributed by atoms with E-state index in [0.29, 0.717) is 29.0 Å². The standard InChI is InChI=1S/C24H32ClN3O4S/c1-5-28(18-6-8-19(9-7-18)33(31)32)22-12-17(25)11-20(16(22)4)23(29)26-13-21-14(2)10-15(3)27-24(21)30/h10-12,18-19H,5-9,13H2,1-4H3,(H,26,29)(H,27,30)(H,31,32)/p-1. The SMILES string of the molecule is CCN(c1cc(Cl)cc(C(=O)NCc2c(C)cc(C)[nH]c2=O)c1C)C1CCC(S(=O)[O-])CC1. The van der Waals surface area contributed by atoms with Gasteiger partial charge in [0.25, 0.3) is 11.5 Å². The van der Waals surface area contributed by atoms with Crippen LogP contribution in [0.3, 0.4) is 0 Å². The highest BCUT2D eigenvalue weighted by atomic mass is 35.5. The Morgan fingerprint density at radius 3 is 2.45 bits per heavy atom. The van der Waals surface area contributed by atoms with Gasteiger partial charge in [-0.05, 0) is 82.7 Å². The molecule has 0 bridgehead atoms. The van der Waals surface area contributed by atoms with E-state index in [1.807, 2.05) is 39.8 Å². The van der Waals surface area contributed by atoms with E-state index in [1.165, 1.54) is 0 Å². The van der Waals surface area contributed by atoms with Crippen molar-refractivity contribution >= 4 is 34.3 Å². The number of pyridine rings is 1. The zero-order valence-electron chi connectivity index (χ0n) is 19.5. The molecule has 2 aromatic rings. The third-order valence-corrected chi connectivity index (χ3v) is 7.75. The highest BCUT2D eigenvalue weighted by Crippen LogP contribution is 2.34. The van der Waals surface area contributed by atoms with Crippen LogP contribution in [-0.4, -0.2) is 37.5 Å². The van der Waals surface area contributed by atoms with Crippen LogP contribution in [0.15, 0.2) is 23.0 Å². The molecule has 1 aromatic heterocycles. The van der Waals surface area contributed by atoms with E-state index in [9.17, 15) is 18.4 Å². The molecule has 1 unspecified atom stereocenters. The van der Waals surface area contributed by atoms with Gasteiger partial charge in [0, 0.05) is 51.9 Å². The van der Waals surface area contributed by atoms with Gasteiger partial charge in [-0.15, -0.1) is 0 Å². The minimum Gasteiger partial charge on any atom is -0.772 e. The van der Waals surface area contributed by atoms with Gasteiger partial charge in [-0.1, -0.05) is 22.7 Å². The van der Waals surface area contributed by atoms with Crippen molar-refractivity contribution < 1.29 is 13.6 Å². The van der Waals surface area contributed by atoms with Gasteiger partial charge < -0.3 is 19.8 Å². The number of nitrogens with zero attached hydrogens (tertiary/aromatic N) is 1. The molecule has 0 radical (unpaired) electrons. The van der Waals surface area contributed by atoms with Gasteiger partial charge >= 0.3 is 0 Å². The van der Waals surface area contributed by atoms with E-state index in [-0.39, 0.29) is 29.3 Å². The fourth-order valence-electron chi connectivity index (χ4n) is 4.74. The third-order valence-electron chi connectivity index (χ3n) is 6.52. The zero-order valence-corrected chi connectivity index (χ0v) is 21.1. The summed E-state index contributed by atoms with van der Waals surface area (Å²) in [6.07, 6.45) is 2.81. The number of hydrogen-bond donors (Lipinski definition) is 2. The normalized spacial score (nSPS) is 19.2. The summed E-state index contributed by atoms with van der Waals surface area (Å²) < 4.78 is 22.6. The van der Waals surface area contributed by atoms with Crippen molar-refractivity contribution in [2.24, 2.45) is 0 Å². The fraction of sp³-hybridized carbons (Fsp3) is 0.500. The Bertz CT molecular complexity index is 1110. The summed E-state index contributed by atoms with van der Waals surface area (Å²) in [7, 11) is 0. The molecular formula is C24H31ClN3O4S-. The predicted molar refractivity (Wildman–Crippen MR) is 132 cm³/mol. The molecule has 1 aliphatic rings. The number of nitrogens with one attached hydrogen (secondary N) is 2. The maximum Gasteiger partial charge on any atom is 0.253 e. The Morgan fingerprint density at radius 2 is 1.88 bits per heavy atom. The van der Waals surface area contributed by atoms with E-state index in [0.717, 1.165) is 41.9 Å². The molecule has 1 atom stereocenters. The lowest BCUT2D eigenvalue weighted by Crippen LogP contribution is -2.40. The summed E-state index contributed by atoms with van der Waals surface area (Å²) >= 11 is 4.38. The van der Waals surface area contributed by atoms with Crippen LogP contribution in [0.4, 0.5) is 5.69 Å². The molecule has 1 fully saturated rings. The average Bonchev–Trinajstić information content (AvgIpc) is 2.75. The van der Waals surface area contributed by atoms with Crippen LogP contribution in [0.5, 0.6) is 0 Å². The number of H-pyrrole nitrogens is 1. The number of aryl methyl sites for hydroxylation is 2. The Morgan fingerprint density at radius 1 is 1.21 bits per heavy atom. The number of anilines is 1. The number of rotatable bonds is 7. The van der Waals surface area contributed by atoms with E-state index >= 15 is 0 Å². The summed E-state index contributed by atoms with van der Waals surface area (Å²) in [5, 5.41) is 3.04. The van der Waals surface area contributed by atoms with Crippen LogP contribution in [-0.2, 0) is 17.6 Å². The first-order valence-electron chi connectivity index (χ1n) is 11.2. The van der Waals surface area contributed by atoms with Crippen LogP contribution < -0.4 is 15.8 Å². The highest BCUT2D eigenvalue weighted by molar-refractivity contribution is 7.79. The van der Waals surface area contributed by atoms with Crippen molar-refractivity contribution in [1.29, 1.82) is 0 Å². The Labute approximate surface area is 202 Å². The van der Waals surface area contributed by atoms with Gasteiger partial charge in [0.15, 0.2) is 0 Å². The zero-order chi connectivity index (χ0) is 24.3. The Balaban J connectivity index is 1.82. The summed E-state index contributed by atoms with van der Waals surface area (Å²) in [4.78, 5) is 30.3. The maximum absolute atomic E-state index is 13.1. The Hall–Kier alpha value is -2.16. The van der Waals surface area contributed by atoms with E-state index in [1.54, 1.807) is 6.07 Å². The molecule has 0 saturated heterocycles. The number of halogens is 1. The molecule has 9 heteroatoms. The number of aromatic nitrogens is 1. The van der Waals surface area contributed by atoms with Gasteiger partial charge in [-0.2, -0.15) is 0 Å². The van der Waals surface area contributed by atoms with Crippen LogP contribution >= 0.6 is 11.6 Å². The summed E-state index contributed by atoms with van der Waals surface area (Å²) in [5.74, 6) is -0.294. The van der Waals surface area contributed by atoms with E-state index in [2.05, 4.69) is 15.2 Å². The molecule has 180 valence electrons. The van der Waals surface area contributed by atoms with Crippen LogP contribution in [0, 0.1) is 20.8 Å². The second-order valence-corrected chi connectivity index (χ2v) is 10.3. The van der Waals surface area contributed by atoms with Gasteiger partial charge in [0.05, 0.1) is 0 Å². The van der Waals surface area contributed by atoms with E-state index in [4.69, 9.17) is 11.6 Å². The molecule has 7 nitrogen and oxygen atoms in total. The largest absolute Gasteiger partial charge is 0.772 e. The molecule has 3 rings (SSSR count). The second-order valence-electron chi connectivity index (χ2n) is 8.70. The maximum atomic E-state index is 13.1. The van der Waals surface area contributed by atoms with Gasteiger partial charge in [0.1, 0.15) is 0 Å². The lowest BCUT2D eigenvalue weighted by molar-refractivity contribution is 0.0950. The number of aromatic amines is 1. The summed E-state index contributed by atoms with van der Waals surface area (Å²) in [5.41, 5.74) is 4.07. The summed E-state index contributed by atoms with van der Waals surface area (Å²) in [6.45, 7) is 8.45. The number of amides is 1. The molecule has 1 amide bonds. The minimum absolute atomic E-state index is 0.120. The lowest BCUT2D eigenvalue weighted by Gasteiger charge is -2.39.